The molecule has 3 nitrogen and oxygen atoms in total. The number of hydrogen-bond donors (Lipinski definition) is 0. The minimum absolute atomic E-state index is 0.694. The Hall–Kier alpha value is -4.26. The molecule has 37 heavy (non-hydrogen) atoms. The molecule has 0 aliphatic heterocycles. The van der Waals surface area contributed by atoms with Crippen molar-refractivity contribution in [3.8, 4) is 11.8 Å². The van der Waals surface area contributed by atoms with Crippen LogP contribution in [0.2, 0.25) is 5.02 Å². The number of aryl methyl sites for hydroxylation is 1. The van der Waals surface area contributed by atoms with Gasteiger partial charge in [0.25, 0.3) is 0 Å². The lowest BCUT2D eigenvalue weighted by atomic mass is 9.70. The molecular weight excluding hydrogens is 474 g/mol. The summed E-state index contributed by atoms with van der Waals surface area (Å²) >= 11 is 6.21. The van der Waals surface area contributed by atoms with E-state index in [9.17, 15) is 5.26 Å². The van der Waals surface area contributed by atoms with Crippen molar-refractivity contribution in [1.82, 2.24) is 9.13 Å². The second-order valence-electron chi connectivity index (χ2n) is 9.39. The van der Waals surface area contributed by atoms with Crippen LogP contribution in [0.5, 0.6) is 0 Å². The predicted molar refractivity (Wildman–Crippen MR) is 152 cm³/mol. The van der Waals surface area contributed by atoms with Crippen LogP contribution in [0.3, 0.4) is 0 Å². The molecule has 6 rings (SSSR count). The van der Waals surface area contributed by atoms with Crippen LogP contribution in [0, 0.1) is 11.3 Å². The molecule has 0 spiro atoms. The Bertz CT molecular complexity index is 1750. The van der Waals surface area contributed by atoms with Crippen molar-refractivity contribution < 1.29 is 0 Å². The largest absolute Gasteiger partial charge is 0.347 e. The second-order valence-corrected chi connectivity index (χ2v) is 9.82. The Labute approximate surface area is 221 Å². The van der Waals surface area contributed by atoms with Gasteiger partial charge in [0.2, 0.25) is 0 Å². The number of nitriles is 1. The summed E-state index contributed by atoms with van der Waals surface area (Å²) in [7, 11) is 0. The lowest BCUT2D eigenvalue weighted by Crippen LogP contribution is -2.27. The fraction of sp³-hybridized carbons (Fsp3) is 0.121. The zero-order valence-electron chi connectivity index (χ0n) is 20.6. The zero-order valence-corrected chi connectivity index (χ0v) is 21.4. The molecule has 180 valence electrons. The van der Waals surface area contributed by atoms with Gasteiger partial charge in [0.05, 0.1) is 11.6 Å². The first-order valence-electron chi connectivity index (χ1n) is 12.6. The van der Waals surface area contributed by atoms with Crippen LogP contribution < -0.4 is 0 Å². The first kappa shape index (κ1) is 23.2. The molecule has 0 aliphatic rings. The molecule has 0 amide bonds. The van der Waals surface area contributed by atoms with E-state index in [1.54, 1.807) is 0 Å². The van der Waals surface area contributed by atoms with E-state index in [4.69, 9.17) is 11.6 Å². The minimum Gasteiger partial charge on any atom is -0.347 e. The predicted octanol–water partition coefficient (Wildman–Crippen LogP) is 8.51. The van der Waals surface area contributed by atoms with Crippen molar-refractivity contribution in [1.29, 1.82) is 5.26 Å². The number of para-hydroxylation sites is 2. The Morgan fingerprint density at radius 3 is 2.00 bits per heavy atom. The highest BCUT2D eigenvalue weighted by Gasteiger charge is 2.41. The summed E-state index contributed by atoms with van der Waals surface area (Å²) in [5.41, 5.74) is 5.10. The topological polar surface area (TPSA) is 33.6 Å². The number of hydrogen-bond acceptors (Lipinski definition) is 1. The maximum atomic E-state index is 11.2. The van der Waals surface area contributed by atoms with Crippen LogP contribution in [0.15, 0.2) is 116 Å². The number of fused-ring (bicyclic) bond motifs is 2. The Balaban J connectivity index is 1.74. The highest BCUT2D eigenvalue weighted by Crippen LogP contribution is 2.46. The number of nitrogens with zero attached hydrogens (tertiary/aromatic N) is 3. The van der Waals surface area contributed by atoms with Gasteiger partial charge in [-0.1, -0.05) is 85.3 Å². The molecule has 0 N–H and O–H groups in total. The molecule has 1 atom stereocenters. The van der Waals surface area contributed by atoms with E-state index in [0.29, 0.717) is 5.02 Å². The van der Waals surface area contributed by atoms with Crippen LogP contribution in [0.1, 0.15) is 30.0 Å². The van der Waals surface area contributed by atoms with Crippen LogP contribution >= 0.6 is 11.6 Å². The highest BCUT2D eigenvalue weighted by atomic mass is 35.5. The van der Waals surface area contributed by atoms with Crippen LogP contribution in [-0.4, -0.2) is 9.13 Å². The van der Waals surface area contributed by atoms with Gasteiger partial charge in [-0.15, -0.1) is 0 Å². The number of halogens is 1. The average molecular weight is 500 g/mol. The summed E-state index contributed by atoms with van der Waals surface area (Å²) in [6, 6.07) is 37.6. The van der Waals surface area contributed by atoms with Crippen LogP contribution in [0.25, 0.3) is 27.5 Å². The van der Waals surface area contributed by atoms with Crippen LogP contribution in [0.4, 0.5) is 0 Å². The van der Waals surface area contributed by atoms with Crippen molar-refractivity contribution in [3.05, 3.63) is 137 Å². The first-order chi connectivity index (χ1) is 18.2. The van der Waals surface area contributed by atoms with E-state index >= 15 is 0 Å². The van der Waals surface area contributed by atoms with Gasteiger partial charge >= 0.3 is 0 Å². The standard InChI is InChI=1S/C33H26ClN3/c1-2-20-36-21-29(27-12-6-8-14-31(27)36)33(23-35,24-10-4-3-5-11-24)30-22-37(26-18-16-25(34)17-19-26)32-15-9-7-13-28(30)32/h3-19,21-22H,2,20H2,1H3/t33-/m1/s1. The fourth-order valence-corrected chi connectivity index (χ4v) is 5.72. The SMILES string of the molecule is CCCn1cc([C@@](C#N)(c2ccccc2)c2cn(-c3ccc(Cl)cc3)c3ccccc23)c2ccccc21. The van der Waals surface area contributed by atoms with Crippen molar-refractivity contribution in [2.45, 2.75) is 25.3 Å². The van der Waals surface area contributed by atoms with Gasteiger partial charge in [0, 0.05) is 57.1 Å². The fourth-order valence-electron chi connectivity index (χ4n) is 5.59. The third kappa shape index (κ3) is 3.65. The normalized spacial score (nSPS) is 13.0. The first-order valence-corrected chi connectivity index (χ1v) is 13.0. The molecule has 2 aromatic heterocycles. The summed E-state index contributed by atoms with van der Waals surface area (Å²) in [5.74, 6) is 0. The molecular formula is C33H26ClN3. The van der Waals surface area contributed by atoms with E-state index in [1.165, 1.54) is 0 Å². The third-order valence-corrected chi connectivity index (χ3v) is 7.50. The summed E-state index contributed by atoms with van der Waals surface area (Å²) < 4.78 is 4.46. The monoisotopic (exact) mass is 499 g/mol. The van der Waals surface area contributed by atoms with Crippen molar-refractivity contribution in [2.75, 3.05) is 0 Å². The van der Waals surface area contributed by atoms with Gasteiger partial charge < -0.3 is 9.13 Å². The van der Waals surface area contributed by atoms with Crippen LogP contribution in [-0.2, 0) is 12.0 Å². The van der Waals surface area contributed by atoms with E-state index in [-0.39, 0.29) is 0 Å². The molecule has 0 bridgehead atoms. The Kier molecular flexibility index (Phi) is 5.83. The van der Waals surface area contributed by atoms with Crippen molar-refractivity contribution in [3.63, 3.8) is 0 Å². The van der Waals surface area contributed by atoms with Gasteiger partial charge in [0.15, 0.2) is 0 Å². The zero-order chi connectivity index (χ0) is 25.4. The Morgan fingerprint density at radius 2 is 1.32 bits per heavy atom. The smallest absolute Gasteiger partial charge is 0.136 e. The second kappa shape index (κ2) is 9.32. The molecule has 4 heteroatoms. The van der Waals surface area contributed by atoms with Gasteiger partial charge in [-0.2, -0.15) is 5.26 Å². The number of rotatable bonds is 6. The quantitative estimate of drug-likeness (QED) is 0.226. The lowest BCUT2D eigenvalue weighted by Gasteiger charge is -2.27. The summed E-state index contributed by atoms with van der Waals surface area (Å²) in [5, 5.41) is 14.1. The molecule has 4 aromatic carbocycles. The van der Waals surface area contributed by atoms with E-state index in [1.807, 2.05) is 54.6 Å². The Morgan fingerprint density at radius 1 is 0.730 bits per heavy atom. The van der Waals surface area contributed by atoms with Gasteiger partial charge in [0.1, 0.15) is 5.41 Å². The molecule has 0 fully saturated rings. The van der Waals surface area contributed by atoms with Crippen molar-refractivity contribution >= 4 is 33.4 Å². The summed E-state index contributed by atoms with van der Waals surface area (Å²) in [6.07, 6.45) is 5.34. The molecule has 0 unspecified atom stereocenters. The maximum absolute atomic E-state index is 11.2. The minimum atomic E-state index is -1.02. The molecule has 0 saturated heterocycles. The average Bonchev–Trinajstić information content (AvgIpc) is 3.51. The maximum Gasteiger partial charge on any atom is 0.136 e. The number of benzene rings is 4. The third-order valence-electron chi connectivity index (χ3n) is 7.25. The summed E-state index contributed by atoms with van der Waals surface area (Å²) in [6.45, 7) is 3.08. The van der Waals surface area contributed by atoms with Crippen molar-refractivity contribution in [2.24, 2.45) is 0 Å². The van der Waals surface area contributed by atoms with Gasteiger partial charge in [-0.25, -0.2) is 0 Å². The molecule has 0 radical (unpaired) electrons. The molecule has 0 saturated carbocycles. The van der Waals surface area contributed by atoms with E-state index in [0.717, 1.165) is 57.1 Å². The van der Waals surface area contributed by atoms with Gasteiger partial charge in [-0.05, 0) is 48.4 Å². The van der Waals surface area contributed by atoms with Gasteiger partial charge in [-0.3, -0.25) is 0 Å². The highest BCUT2D eigenvalue weighted by molar-refractivity contribution is 6.30. The summed E-state index contributed by atoms with van der Waals surface area (Å²) in [4.78, 5) is 0. The van der Waals surface area contributed by atoms with E-state index in [2.05, 4.69) is 83.1 Å². The lowest BCUT2D eigenvalue weighted by molar-refractivity contribution is 0.694. The number of aromatic nitrogens is 2. The molecule has 6 aromatic rings. The molecule has 2 heterocycles. The van der Waals surface area contributed by atoms with E-state index < -0.39 is 5.41 Å². The molecule has 0 aliphatic carbocycles.